The molecule has 4 nitrogen and oxygen atoms in total. The highest BCUT2D eigenvalue weighted by atomic mass is 32.1. The van der Waals surface area contributed by atoms with Gasteiger partial charge in [-0.15, -0.1) is 11.3 Å². The first-order valence-corrected chi connectivity index (χ1v) is 5.97. The fourth-order valence-corrected chi connectivity index (χ4v) is 2.06. The molecule has 1 aromatic heterocycles. The lowest BCUT2D eigenvalue weighted by atomic mass is 9.96. The lowest BCUT2D eigenvalue weighted by Crippen LogP contribution is -2.51. The second-order valence-corrected chi connectivity index (χ2v) is 4.77. The third-order valence-corrected chi connectivity index (χ3v) is 3.23. The Morgan fingerprint density at radius 1 is 1.56 bits per heavy atom. The van der Waals surface area contributed by atoms with E-state index in [9.17, 15) is 9.59 Å². The van der Waals surface area contributed by atoms with Crippen LogP contribution in [-0.2, 0) is 4.79 Å². The van der Waals surface area contributed by atoms with Crippen LogP contribution in [0.1, 0.15) is 36.4 Å². The first kappa shape index (κ1) is 12.7. The van der Waals surface area contributed by atoms with E-state index in [4.69, 9.17) is 5.11 Å². The van der Waals surface area contributed by atoms with Gasteiger partial charge in [-0.1, -0.05) is 19.4 Å². The number of carbonyl (C=O) groups excluding carboxylic acids is 1. The molecule has 0 fully saturated rings. The maximum absolute atomic E-state index is 11.7. The number of aliphatic carboxylic acids is 1. The molecule has 1 unspecified atom stereocenters. The van der Waals surface area contributed by atoms with Crippen molar-refractivity contribution >= 4 is 23.2 Å². The number of carbonyl (C=O) groups is 2. The Morgan fingerprint density at radius 3 is 2.69 bits per heavy atom. The van der Waals surface area contributed by atoms with Crippen LogP contribution >= 0.6 is 11.3 Å². The molecule has 0 radical (unpaired) electrons. The molecule has 0 aromatic carbocycles. The molecule has 16 heavy (non-hydrogen) atoms. The molecule has 0 aliphatic carbocycles. The Balaban J connectivity index is 2.77. The van der Waals surface area contributed by atoms with Crippen LogP contribution in [0.5, 0.6) is 0 Å². The first-order chi connectivity index (χ1) is 7.49. The number of rotatable bonds is 5. The average Bonchev–Trinajstić information content (AvgIpc) is 2.70. The van der Waals surface area contributed by atoms with E-state index in [2.05, 4.69) is 5.32 Å². The van der Waals surface area contributed by atoms with Gasteiger partial charge in [-0.2, -0.15) is 0 Å². The highest BCUT2D eigenvalue weighted by molar-refractivity contribution is 7.12. The van der Waals surface area contributed by atoms with E-state index in [1.165, 1.54) is 18.3 Å². The quantitative estimate of drug-likeness (QED) is 0.829. The Labute approximate surface area is 98.3 Å². The highest BCUT2D eigenvalue weighted by Crippen LogP contribution is 2.15. The van der Waals surface area contributed by atoms with Gasteiger partial charge in [-0.3, -0.25) is 4.79 Å². The molecule has 2 N–H and O–H groups in total. The lowest BCUT2D eigenvalue weighted by molar-refractivity contribution is -0.144. The van der Waals surface area contributed by atoms with Gasteiger partial charge < -0.3 is 10.4 Å². The van der Waals surface area contributed by atoms with Crippen LogP contribution in [0.15, 0.2) is 17.5 Å². The largest absolute Gasteiger partial charge is 0.480 e. The molecule has 1 rings (SSSR count). The summed E-state index contributed by atoms with van der Waals surface area (Å²) in [5, 5.41) is 13.5. The Bertz CT molecular complexity index is 375. The van der Waals surface area contributed by atoms with E-state index in [0.29, 0.717) is 17.7 Å². The second kappa shape index (κ2) is 5.12. The van der Waals surface area contributed by atoms with Gasteiger partial charge in [-0.05, 0) is 24.8 Å². The fourth-order valence-electron chi connectivity index (χ4n) is 1.44. The van der Waals surface area contributed by atoms with Crippen molar-refractivity contribution in [3.8, 4) is 0 Å². The van der Waals surface area contributed by atoms with Gasteiger partial charge in [0.1, 0.15) is 5.54 Å². The van der Waals surface area contributed by atoms with Gasteiger partial charge in [0.25, 0.3) is 5.91 Å². The van der Waals surface area contributed by atoms with E-state index < -0.39 is 11.5 Å². The van der Waals surface area contributed by atoms with Gasteiger partial charge in [0, 0.05) is 0 Å². The molecule has 5 heteroatoms. The first-order valence-electron chi connectivity index (χ1n) is 5.09. The summed E-state index contributed by atoms with van der Waals surface area (Å²) >= 11 is 1.30. The van der Waals surface area contributed by atoms with E-state index in [1.54, 1.807) is 17.5 Å². The summed E-state index contributed by atoms with van der Waals surface area (Å²) in [5.74, 6) is -1.33. The number of amides is 1. The Kier molecular flexibility index (Phi) is 4.06. The molecule has 1 aromatic rings. The molecule has 88 valence electrons. The van der Waals surface area contributed by atoms with Crippen LogP contribution in [0.2, 0.25) is 0 Å². The molecule has 0 aliphatic rings. The number of hydrogen-bond donors (Lipinski definition) is 2. The molecule has 0 bridgehead atoms. The summed E-state index contributed by atoms with van der Waals surface area (Å²) in [5.41, 5.74) is -1.18. The maximum Gasteiger partial charge on any atom is 0.329 e. The van der Waals surface area contributed by atoms with Gasteiger partial charge in [0.05, 0.1) is 4.88 Å². The number of carboxylic acids is 1. The van der Waals surface area contributed by atoms with Crippen molar-refractivity contribution in [1.29, 1.82) is 0 Å². The van der Waals surface area contributed by atoms with Gasteiger partial charge in [-0.25, -0.2) is 4.79 Å². The van der Waals surface area contributed by atoms with E-state index in [-0.39, 0.29) is 5.91 Å². The summed E-state index contributed by atoms with van der Waals surface area (Å²) in [6, 6.07) is 3.44. The van der Waals surface area contributed by atoms with Gasteiger partial charge >= 0.3 is 5.97 Å². The predicted octanol–water partition coefficient (Wildman–Crippen LogP) is 2.12. The van der Waals surface area contributed by atoms with Gasteiger partial charge in [0.2, 0.25) is 0 Å². The zero-order chi connectivity index (χ0) is 12.2. The summed E-state index contributed by atoms with van der Waals surface area (Å²) in [4.78, 5) is 23.4. The predicted molar refractivity (Wildman–Crippen MR) is 62.7 cm³/mol. The van der Waals surface area contributed by atoms with Crippen LogP contribution < -0.4 is 5.32 Å². The highest BCUT2D eigenvalue weighted by Gasteiger charge is 2.34. The molecule has 1 amide bonds. The van der Waals surface area contributed by atoms with Crippen LogP contribution in [0, 0.1) is 0 Å². The monoisotopic (exact) mass is 241 g/mol. The third-order valence-electron chi connectivity index (χ3n) is 2.36. The van der Waals surface area contributed by atoms with Crippen molar-refractivity contribution in [3.05, 3.63) is 22.4 Å². The standard InChI is InChI=1S/C11H15NO3S/c1-3-6-11(2,10(14)15)12-9(13)8-5-4-7-16-8/h4-5,7H,3,6H2,1-2H3,(H,12,13)(H,14,15). The maximum atomic E-state index is 11.7. The zero-order valence-corrected chi connectivity index (χ0v) is 10.1. The van der Waals surface area contributed by atoms with Crippen LogP contribution in [-0.4, -0.2) is 22.5 Å². The lowest BCUT2D eigenvalue weighted by Gasteiger charge is -2.25. The van der Waals surface area contributed by atoms with Crippen LogP contribution in [0.4, 0.5) is 0 Å². The molecular weight excluding hydrogens is 226 g/mol. The second-order valence-electron chi connectivity index (χ2n) is 3.82. The minimum absolute atomic E-state index is 0.326. The molecule has 0 spiro atoms. The summed E-state index contributed by atoms with van der Waals surface area (Å²) in [6.45, 7) is 3.42. The zero-order valence-electron chi connectivity index (χ0n) is 9.32. The van der Waals surface area contributed by atoms with Crippen molar-refractivity contribution in [2.45, 2.75) is 32.2 Å². The number of thiophene rings is 1. The van der Waals surface area contributed by atoms with Crippen LogP contribution in [0.25, 0.3) is 0 Å². The SMILES string of the molecule is CCCC(C)(NC(=O)c1cccs1)C(=O)O. The number of hydrogen-bond acceptors (Lipinski definition) is 3. The Morgan fingerprint density at radius 2 is 2.25 bits per heavy atom. The minimum Gasteiger partial charge on any atom is -0.480 e. The van der Waals surface area contributed by atoms with E-state index in [1.807, 2.05) is 6.92 Å². The van der Waals surface area contributed by atoms with Crippen molar-refractivity contribution in [2.24, 2.45) is 0 Å². The van der Waals surface area contributed by atoms with Crippen molar-refractivity contribution < 1.29 is 14.7 Å². The minimum atomic E-state index is -1.18. The molecule has 1 atom stereocenters. The van der Waals surface area contributed by atoms with Crippen molar-refractivity contribution in [3.63, 3.8) is 0 Å². The average molecular weight is 241 g/mol. The summed E-state index contributed by atoms with van der Waals surface area (Å²) in [6.07, 6.45) is 1.12. The third kappa shape index (κ3) is 2.82. The summed E-state index contributed by atoms with van der Waals surface area (Å²) < 4.78 is 0. The number of carboxylic acid groups (broad SMARTS) is 1. The van der Waals surface area contributed by atoms with E-state index >= 15 is 0 Å². The van der Waals surface area contributed by atoms with Crippen LogP contribution in [0.3, 0.4) is 0 Å². The topological polar surface area (TPSA) is 66.4 Å². The summed E-state index contributed by atoms with van der Waals surface area (Å²) in [7, 11) is 0. The van der Waals surface area contributed by atoms with Gasteiger partial charge in [0.15, 0.2) is 0 Å². The fraction of sp³-hybridized carbons (Fsp3) is 0.455. The van der Waals surface area contributed by atoms with Crippen molar-refractivity contribution in [1.82, 2.24) is 5.32 Å². The van der Waals surface area contributed by atoms with E-state index in [0.717, 1.165) is 0 Å². The Hall–Kier alpha value is -1.36. The number of nitrogens with one attached hydrogen (secondary N) is 1. The normalized spacial score (nSPS) is 14.1. The molecule has 0 saturated carbocycles. The molecular formula is C11H15NO3S. The molecule has 0 aliphatic heterocycles. The van der Waals surface area contributed by atoms with Crippen molar-refractivity contribution in [2.75, 3.05) is 0 Å². The smallest absolute Gasteiger partial charge is 0.329 e. The molecule has 1 heterocycles. The molecule has 0 saturated heterocycles.